The van der Waals surface area contributed by atoms with E-state index in [0.29, 0.717) is 6.54 Å². The van der Waals surface area contributed by atoms with Gasteiger partial charge in [0.15, 0.2) is 0 Å². The quantitative estimate of drug-likeness (QED) is 0.778. The van der Waals surface area contributed by atoms with Crippen LogP contribution in [0.4, 0.5) is 0 Å². The predicted octanol–water partition coefficient (Wildman–Crippen LogP) is 0.838. The molecule has 0 fully saturated rings. The molecule has 1 N–H and O–H groups in total. The number of nitrogens with zero attached hydrogens (tertiary/aromatic N) is 3. The van der Waals surface area contributed by atoms with Crippen LogP contribution >= 0.6 is 0 Å². The van der Waals surface area contributed by atoms with Crippen LogP contribution in [0.5, 0.6) is 0 Å². The van der Waals surface area contributed by atoms with E-state index in [1.54, 1.807) is 0 Å². The van der Waals surface area contributed by atoms with Gasteiger partial charge in [-0.25, -0.2) is 0 Å². The number of carboxylic acid groups (broad SMARTS) is 1. The molecule has 0 atom stereocenters. The van der Waals surface area contributed by atoms with Crippen LogP contribution in [0.25, 0.3) is 0 Å². The van der Waals surface area contributed by atoms with Crippen molar-refractivity contribution < 1.29 is 9.90 Å². The second kappa shape index (κ2) is 7.08. The van der Waals surface area contributed by atoms with Crippen molar-refractivity contribution >= 4 is 5.97 Å². The highest BCUT2D eigenvalue weighted by Crippen LogP contribution is 2.03. The Morgan fingerprint density at radius 2 is 2.06 bits per heavy atom. The Hall–Kier alpha value is -1.46. The van der Waals surface area contributed by atoms with Gasteiger partial charge in [0.05, 0.1) is 12.2 Å². The number of carbonyl (C=O) groups is 1. The molecule has 18 heavy (non-hydrogen) atoms. The molecule has 0 unspecified atom stereocenters. The van der Waals surface area contributed by atoms with Crippen LogP contribution in [-0.4, -0.2) is 59.6 Å². The molecule has 0 radical (unpaired) electrons. The van der Waals surface area contributed by atoms with Crippen LogP contribution in [0, 0.1) is 6.92 Å². The second-order valence-corrected chi connectivity index (χ2v) is 4.68. The summed E-state index contributed by atoms with van der Waals surface area (Å²) >= 11 is 0. The monoisotopic (exact) mass is 251 g/mol. The topological polar surface area (TPSA) is 56.7 Å². The number of aryl methyl sites for hydroxylation is 1. The lowest BCUT2D eigenvalue weighted by Crippen LogP contribution is -2.35. The van der Waals surface area contributed by atoms with Gasteiger partial charge in [0.2, 0.25) is 0 Å². The molecule has 0 saturated heterocycles. The Balaban J connectivity index is 2.62. The Morgan fingerprint density at radius 3 is 2.61 bits per heavy atom. The summed E-state index contributed by atoms with van der Waals surface area (Å²) in [5.74, 6) is -0.804. The molecule has 1 aromatic rings. The van der Waals surface area contributed by atoms with Crippen LogP contribution < -0.4 is 0 Å². The standard InChI is InChI=1S/C13H21N3O2/c1-11-5-4-6-12(14-11)9-16(10-13(17)18)8-7-15(2)3/h4-6H,7-10H2,1-3H3,(H,17,18). The molecule has 0 aliphatic heterocycles. The normalized spacial score (nSPS) is 11.2. The molecule has 0 spiro atoms. The molecule has 5 nitrogen and oxygen atoms in total. The summed E-state index contributed by atoms with van der Waals surface area (Å²) in [7, 11) is 3.95. The van der Waals surface area contributed by atoms with Gasteiger partial charge in [0.25, 0.3) is 0 Å². The van der Waals surface area contributed by atoms with E-state index in [1.807, 2.05) is 49.0 Å². The van der Waals surface area contributed by atoms with Crippen molar-refractivity contribution in [2.24, 2.45) is 0 Å². The third kappa shape index (κ3) is 5.75. The van der Waals surface area contributed by atoms with Gasteiger partial charge >= 0.3 is 5.97 Å². The fourth-order valence-electron chi connectivity index (χ4n) is 1.66. The molecule has 1 rings (SSSR count). The number of aromatic nitrogens is 1. The van der Waals surface area contributed by atoms with Gasteiger partial charge in [-0.2, -0.15) is 0 Å². The molecule has 5 heteroatoms. The number of pyridine rings is 1. The molecule has 1 heterocycles. The first-order valence-corrected chi connectivity index (χ1v) is 5.99. The number of hydrogen-bond donors (Lipinski definition) is 1. The van der Waals surface area contributed by atoms with Crippen molar-refractivity contribution in [2.75, 3.05) is 33.7 Å². The zero-order valence-corrected chi connectivity index (χ0v) is 11.3. The smallest absolute Gasteiger partial charge is 0.317 e. The Labute approximate surface area is 108 Å². The lowest BCUT2D eigenvalue weighted by atomic mass is 10.3. The van der Waals surface area contributed by atoms with E-state index in [-0.39, 0.29) is 6.54 Å². The molecule has 1 aromatic heterocycles. The zero-order chi connectivity index (χ0) is 13.5. The minimum absolute atomic E-state index is 0.0451. The Kier molecular flexibility index (Phi) is 5.74. The maximum absolute atomic E-state index is 10.8. The van der Waals surface area contributed by atoms with Gasteiger partial charge in [-0.1, -0.05) is 6.07 Å². The maximum Gasteiger partial charge on any atom is 0.317 e. The van der Waals surface area contributed by atoms with Gasteiger partial charge in [-0.3, -0.25) is 14.7 Å². The second-order valence-electron chi connectivity index (χ2n) is 4.68. The van der Waals surface area contributed by atoms with Crippen molar-refractivity contribution in [1.29, 1.82) is 0 Å². The molecule has 0 amide bonds. The molecule has 0 aromatic carbocycles. The highest BCUT2D eigenvalue weighted by molar-refractivity contribution is 5.69. The average Bonchev–Trinajstić information content (AvgIpc) is 2.25. The minimum Gasteiger partial charge on any atom is -0.480 e. The number of aliphatic carboxylic acids is 1. The summed E-state index contributed by atoms with van der Waals surface area (Å²) in [4.78, 5) is 19.2. The van der Waals surface area contributed by atoms with E-state index in [2.05, 4.69) is 4.98 Å². The van der Waals surface area contributed by atoms with Crippen molar-refractivity contribution in [3.05, 3.63) is 29.6 Å². The van der Waals surface area contributed by atoms with Crippen LogP contribution in [0.1, 0.15) is 11.4 Å². The number of likely N-dealkylation sites (N-methyl/N-ethyl adjacent to an activating group) is 1. The fourth-order valence-corrected chi connectivity index (χ4v) is 1.66. The molecular formula is C13H21N3O2. The SMILES string of the molecule is Cc1cccc(CN(CCN(C)C)CC(=O)O)n1. The van der Waals surface area contributed by atoms with Gasteiger partial charge < -0.3 is 10.0 Å². The highest BCUT2D eigenvalue weighted by Gasteiger charge is 2.11. The Bertz CT molecular complexity index is 394. The summed E-state index contributed by atoms with van der Waals surface area (Å²) in [6.07, 6.45) is 0. The summed E-state index contributed by atoms with van der Waals surface area (Å²) in [5, 5.41) is 8.91. The van der Waals surface area contributed by atoms with Crippen molar-refractivity contribution in [3.63, 3.8) is 0 Å². The number of rotatable bonds is 7. The van der Waals surface area contributed by atoms with E-state index in [1.165, 1.54) is 0 Å². The van der Waals surface area contributed by atoms with Crippen LogP contribution in [0.3, 0.4) is 0 Å². The van der Waals surface area contributed by atoms with Gasteiger partial charge in [0.1, 0.15) is 0 Å². The van der Waals surface area contributed by atoms with Gasteiger partial charge in [-0.05, 0) is 33.2 Å². The lowest BCUT2D eigenvalue weighted by Gasteiger charge is -2.22. The third-order valence-electron chi connectivity index (χ3n) is 2.55. The van der Waals surface area contributed by atoms with Crippen LogP contribution in [0.2, 0.25) is 0 Å². The summed E-state index contributed by atoms with van der Waals surface area (Å²) in [5.41, 5.74) is 1.87. The first-order valence-electron chi connectivity index (χ1n) is 5.99. The third-order valence-corrected chi connectivity index (χ3v) is 2.55. The van der Waals surface area contributed by atoms with E-state index < -0.39 is 5.97 Å². The summed E-state index contributed by atoms with van der Waals surface area (Å²) in [6, 6.07) is 5.81. The van der Waals surface area contributed by atoms with Gasteiger partial charge in [0, 0.05) is 25.3 Å². The number of carboxylic acids is 1. The fraction of sp³-hybridized carbons (Fsp3) is 0.538. The molecule has 0 saturated carbocycles. The first kappa shape index (κ1) is 14.6. The van der Waals surface area contributed by atoms with Crippen LogP contribution in [-0.2, 0) is 11.3 Å². The van der Waals surface area contributed by atoms with E-state index in [4.69, 9.17) is 5.11 Å². The molecule has 0 aliphatic carbocycles. The zero-order valence-electron chi connectivity index (χ0n) is 11.3. The molecular weight excluding hydrogens is 230 g/mol. The number of hydrogen-bond acceptors (Lipinski definition) is 4. The minimum atomic E-state index is -0.804. The average molecular weight is 251 g/mol. The van der Waals surface area contributed by atoms with Crippen molar-refractivity contribution in [2.45, 2.75) is 13.5 Å². The predicted molar refractivity (Wildman–Crippen MR) is 70.4 cm³/mol. The van der Waals surface area contributed by atoms with Crippen molar-refractivity contribution in [3.8, 4) is 0 Å². The summed E-state index contributed by atoms with van der Waals surface area (Å²) < 4.78 is 0. The largest absolute Gasteiger partial charge is 0.480 e. The first-order chi connectivity index (χ1) is 8.47. The van der Waals surface area contributed by atoms with E-state index in [0.717, 1.165) is 24.5 Å². The van der Waals surface area contributed by atoms with Gasteiger partial charge in [-0.15, -0.1) is 0 Å². The van der Waals surface area contributed by atoms with E-state index in [9.17, 15) is 4.79 Å². The molecule has 0 aliphatic rings. The molecule has 100 valence electrons. The van der Waals surface area contributed by atoms with E-state index >= 15 is 0 Å². The lowest BCUT2D eigenvalue weighted by molar-refractivity contribution is -0.138. The Morgan fingerprint density at radius 1 is 1.33 bits per heavy atom. The van der Waals surface area contributed by atoms with Crippen molar-refractivity contribution in [1.82, 2.24) is 14.8 Å². The molecule has 0 bridgehead atoms. The van der Waals surface area contributed by atoms with Crippen LogP contribution in [0.15, 0.2) is 18.2 Å². The highest BCUT2D eigenvalue weighted by atomic mass is 16.4. The maximum atomic E-state index is 10.8. The summed E-state index contributed by atoms with van der Waals surface area (Å²) in [6.45, 7) is 4.10.